The number of nitrogens with zero attached hydrogens (tertiary/aromatic N) is 2. The molecule has 0 saturated carbocycles. The van der Waals surface area contributed by atoms with Gasteiger partial charge in [0.15, 0.2) is 0 Å². The van der Waals surface area contributed by atoms with E-state index < -0.39 is 10.1 Å². The summed E-state index contributed by atoms with van der Waals surface area (Å²) >= 11 is 0. The van der Waals surface area contributed by atoms with Crippen molar-refractivity contribution in [2.75, 3.05) is 26.2 Å². The first kappa shape index (κ1) is 25.4. The molecule has 0 aromatic heterocycles. The van der Waals surface area contributed by atoms with Gasteiger partial charge in [0.05, 0.1) is 10.9 Å². The zero-order valence-electron chi connectivity index (χ0n) is 20.6. The first-order valence-corrected chi connectivity index (χ1v) is 14.2. The average molecular weight is 521 g/mol. The molecule has 0 spiro atoms. The van der Waals surface area contributed by atoms with Crippen LogP contribution in [0.15, 0.2) is 89.8 Å². The molecule has 1 amide bonds. The van der Waals surface area contributed by atoms with E-state index in [-0.39, 0.29) is 23.1 Å². The van der Waals surface area contributed by atoms with Gasteiger partial charge in [-0.3, -0.25) is 14.4 Å². The molecule has 4 aliphatic heterocycles. The van der Waals surface area contributed by atoms with Crippen LogP contribution in [0.1, 0.15) is 35.6 Å². The minimum Gasteiger partial charge on any atom is -0.444 e. The number of rotatable bonds is 3. The highest BCUT2D eigenvalue weighted by atomic mass is 32.2. The third-order valence-corrected chi connectivity index (χ3v) is 8.39. The van der Waals surface area contributed by atoms with Crippen molar-refractivity contribution in [3.05, 3.63) is 102 Å². The lowest BCUT2D eigenvalue weighted by Gasteiger charge is -2.45. The molecule has 3 saturated heterocycles. The Morgan fingerprint density at radius 1 is 0.838 bits per heavy atom. The number of amides is 1. The molecule has 8 heteroatoms. The maximum atomic E-state index is 13.2. The molecule has 194 valence electrons. The maximum Gasteiger partial charge on any atom is 0.410 e. The topological polar surface area (TPSA) is 87.2 Å². The van der Waals surface area contributed by atoms with Gasteiger partial charge in [0.2, 0.25) is 0 Å². The van der Waals surface area contributed by atoms with Crippen LogP contribution in [-0.4, -0.2) is 61.1 Å². The van der Waals surface area contributed by atoms with Crippen molar-refractivity contribution in [2.45, 2.75) is 36.3 Å². The molecule has 0 aliphatic carbocycles. The lowest BCUT2D eigenvalue weighted by Crippen LogP contribution is -2.53. The quantitative estimate of drug-likeness (QED) is 0.500. The molecule has 3 aromatic carbocycles. The van der Waals surface area contributed by atoms with Crippen molar-refractivity contribution in [3.63, 3.8) is 0 Å². The Labute approximate surface area is 218 Å². The van der Waals surface area contributed by atoms with E-state index in [1.807, 2.05) is 23.1 Å². The van der Waals surface area contributed by atoms with E-state index in [1.165, 1.54) is 23.3 Å². The Balaban J connectivity index is 0.000000237. The van der Waals surface area contributed by atoms with Gasteiger partial charge in [0.25, 0.3) is 10.1 Å². The molecule has 2 bridgehead atoms. The van der Waals surface area contributed by atoms with Gasteiger partial charge >= 0.3 is 6.09 Å². The van der Waals surface area contributed by atoms with E-state index in [1.54, 1.807) is 18.2 Å². The van der Waals surface area contributed by atoms with E-state index in [0.717, 1.165) is 44.5 Å². The summed E-state index contributed by atoms with van der Waals surface area (Å²) in [6.45, 7) is 3.91. The fourth-order valence-electron chi connectivity index (χ4n) is 5.59. The first-order valence-electron chi connectivity index (χ1n) is 12.7. The minimum atomic E-state index is -4.00. The van der Waals surface area contributed by atoms with Crippen molar-refractivity contribution < 1.29 is 22.5 Å². The van der Waals surface area contributed by atoms with E-state index in [9.17, 15) is 13.2 Å². The van der Waals surface area contributed by atoms with Gasteiger partial charge in [-0.1, -0.05) is 72.8 Å². The molecule has 0 radical (unpaired) electrons. The molecular formula is C29H32N2O5S. The number of fused-ring (bicyclic) bond motifs is 4. The molecular weight excluding hydrogens is 488 g/mol. The maximum absolute atomic E-state index is 13.2. The molecule has 3 fully saturated rings. The summed E-state index contributed by atoms with van der Waals surface area (Å²) in [4.78, 5) is 17.5. The summed E-state index contributed by atoms with van der Waals surface area (Å²) in [6.07, 6.45) is 3.09. The Morgan fingerprint density at radius 3 is 2.05 bits per heavy atom. The van der Waals surface area contributed by atoms with Gasteiger partial charge in [0, 0.05) is 13.1 Å². The highest BCUT2D eigenvalue weighted by molar-refractivity contribution is 7.85. The third-order valence-electron chi connectivity index (χ3n) is 7.52. The van der Waals surface area contributed by atoms with Crippen molar-refractivity contribution in [3.8, 4) is 0 Å². The second-order valence-electron chi connectivity index (χ2n) is 9.80. The Kier molecular flexibility index (Phi) is 7.60. The number of carbonyl (C=O) groups excluding carboxylic acids is 1. The van der Waals surface area contributed by atoms with Crippen molar-refractivity contribution in [1.29, 1.82) is 0 Å². The Morgan fingerprint density at radius 2 is 1.46 bits per heavy atom. The number of piperidine rings is 3. The second-order valence-corrected chi connectivity index (χ2v) is 11.2. The highest BCUT2D eigenvalue weighted by Crippen LogP contribution is 2.37. The summed E-state index contributed by atoms with van der Waals surface area (Å²) in [5.74, 6) is 0.534. The minimum absolute atomic E-state index is 0.0496. The van der Waals surface area contributed by atoms with Crippen LogP contribution in [0.2, 0.25) is 0 Å². The van der Waals surface area contributed by atoms with Gasteiger partial charge in [-0.05, 0) is 67.1 Å². The van der Waals surface area contributed by atoms with Crippen LogP contribution < -0.4 is 0 Å². The summed E-state index contributed by atoms with van der Waals surface area (Å²) in [5.41, 5.74) is 3.70. The van der Waals surface area contributed by atoms with Crippen LogP contribution in [0.3, 0.4) is 0 Å². The highest BCUT2D eigenvalue weighted by Gasteiger charge is 2.39. The van der Waals surface area contributed by atoms with Gasteiger partial charge in [0.1, 0.15) is 6.10 Å². The van der Waals surface area contributed by atoms with Crippen LogP contribution in [-0.2, 0) is 21.3 Å². The van der Waals surface area contributed by atoms with Crippen LogP contribution in [0.4, 0.5) is 4.79 Å². The fraction of sp³-hybridized carbons (Fsp3) is 0.345. The van der Waals surface area contributed by atoms with E-state index in [0.29, 0.717) is 12.5 Å². The van der Waals surface area contributed by atoms with E-state index >= 15 is 0 Å². The largest absolute Gasteiger partial charge is 0.444 e. The number of ether oxygens (including phenoxy) is 1. The van der Waals surface area contributed by atoms with Crippen LogP contribution in [0, 0.1) is 5.92 Å². The molecule has 7 nitrogen and oxygen atoms in total. The number of hydrogen-bond donors (Lipinski definition) is 1. The smallest absolute Gasteiger partial charge is 0.410 e. The Bertz CT molecular complexity index is 1310. The van der Waals surface area contributed by atoms with Gasteiger partial charge < -0.3 is 4.74 Å². The zero-order chi connectivity index (χ0) is 25.8. The third kappa shape index (κ3) is 5.87. The second kappa shape index (κ2) is 11.0. The molecule has 3 aromatic rings. The van der Waals surface area contributed by atoms with Crippen LogP contribution in [0.5, 0.6) is 0 Å². The molecule has 1 N–H and O–H groups in total. The standard InChI is InChI=1S/C23H26N2O2.C6H6O3S/c26-23(27-21-16-24-13-10-18(21)11-14-24)25-15-12-17-6-4-5-9-20(17)22(25)19-7-2-1-3-8-19;7-10(8,9)6-4-2-1-3-5-6/h1-9,18,21-22H,10-16H2;1-5H,(H,7,8,9)/t21-,22+;/m0./s1. The Hall–Kier alpha value is -3.20. The molecule has 4 aliphatic rings. The van der Waals surface area contributed by atoms with E-state index in [2.05, 4.69) is 41.3 Å². The molecule has 0 unspecified atom stereocenters. The SMILES string of the molecule is O=C(O[C@H]1CN2CCC1CC2)N1CCc2ccccc2[C@H]1c1ccccc1.O=S(=O)(O)c1ccccc1. The number of carbonyl (C=O) groups is 1. The predicted molar refractivity (Wildman–Crippen MR) is 141 cm³/mol. The lowest BCUT2D eigenvalue weighted by atomic mass is 9.86. The molecule has 2 atom stereocenters. The van der Waals surface area contributed by atoms with E-state index in [4.69, 9.17) is 9.29 Å². The van der Waals surface area contributed by atoms with Gasteiger partial charge in [-0.2, -0.15) is 8.42 Å². The monoisotopic (exact) mass is 520 g/mol. The predicted octanol–water partition coefficient (Wildman–Crippen LogP) is 4.80. The lowest BCUT2D eigenvalue weighted by molar-refractivity contribution is -0.0462. The normalized spacial score (nSPS) is 24.4. The van der Waals surface area contributed by atoms with Crippen molar-refractivity contribution >= 4 is 16.2 Å². The van der Waals surface area contributed by atoms with Crippen LogP contribution >= 0.6 is 0 Å². The van der Waals surface area contributed by atoms with Gasteiger partial charge in [-0.25, -0.2) is 4.79 Å². The number of hydrogen-bond acceptors (Lipinski definition) is 5. The summed E-state index contributed by atoms with van der Waals surface area (Å²) in [6, 6.07) is 26.2. The molecule has 4 heterocycles. The van der Waals surface area contributed by atoms with Crippen LogP contribution in [0.25, 0.3) is 0 Å². The summed E-state index contributed by atoms with van der Waals surface area (Å²) < 4.78 is 35.3. The number of benzene rings is 3. The van der Waals surface area contributed by atoms with Gasteiger partial charge in [-0.15, -0.1) is 0 Å². The summed E-state index contributed by atoms with van der Waals surface area (Å²) in [7, 11) is -4.00. The zero-order valence-corrected chi connectivity index (χ0v) is 21.5. The fourth-order valence-corrected chi connectivity index (χ4v) is 6.09. The molecule has 37 heavy (non-hydrogen) atoms. The van der Waals surface area contributed by atoms with Crippen molar-refractivity contribution in [2.24, 2.45) is 5.92 Å². The molecule has 7 rings (SSSR count). The summed E-state index contributed by atoms with van der Waals surface area (Å²) in [5, 5.41) is 0. The van der Waals surface area contributed by atoms with Crippen molar-refractivity contribution in [1.82, 2.24) is 9.80 Å². The average Bonchev–Trinajstić information content (AvgIpc) is 2.94. The first-order chi connectivity index (χ1) is 17.9.